The Balaban J connectivity index is 1.74. The van der Waals surface area contributed by atoms with Crippen LogP contribution in [0, 0.1) is 11.6 Å². The summed E-state index contributed by atoms with van der Waals surface area (Å²) in [6.07, 6.45) is 0. The van der Waals surface area contributed by atoms with Gasteiger partial charge in [-0.2, -0.15) is 0 Å². The minimum absolute atomic E-state index is 0.0705. The van der Waals surface area contributed by atoms with E-state index in [1.165, 1.54) is 18.2 Å². The van der Waals surface area contributed by atoms with E-state index in [0.29, 0.717) is 17.4 Å². The summed E-state index contributed by atoms with van der Waals surface area (Å²) in [5.74, 6) is -1.96. The number of rotatable bonds is 5. The highest BCUT2D eigenvalue weighted by atomic mass is 32.2. The second-order valence-corrected chi connectivity index (χ2v) is 7.36. The number of carbonyl (C=O) groups excluding carboxylic acids is 1. The summed E-state index contributed by atoms with van der Waals surface area (Å²) in [6.45, 7) is 0. The van der Waals surface area contributed by atoms with E-state index < -0.39 is 32.6 Å². The predicted octanol–water partition coefficient (Wildman–Crippen LogP) is 4.41. The number of sulfonamides is 1. The molecule has 0 saturated carbocycles. The zero-order valence-corrected chi connectivity index (χ0v) is 15.1. The van der Waals surface area contributed by atoms with Gasteiger partial charge in [0.25, 0.3) is 10.0 Å². The first kappa shape index (κ1) is 19.3. The lowest BCUT2D eigenvalue weighted by Crippen LogP contribution is -2.19. The Morgan fingerprint density at radius 2 is 1.39 bits per heavy atom. The van der Waals surface area contributed by atoms with Crippen LogP contribution < -0.4 is 15.4 Å². The Bertz CT molecular complexity index is 1110. The van der Waals surface area contributed by atoms with Crippen molar-refractivity contribution in [2.24, 2.45) is 0 Å². The van der Waals surface area contributed by atoms with Gasteiger partial charge in [-0.1, -0.05) is 24.3 Å². The number of carbonyl (C=O) groups is 1. The molecule has 0 aliphatic carbocycles. The predicted molar refractivity (Wildman–Crippen MR) is 103 cm³/mol. The first-order chi connectivity index (χ1) is 13.3. The Morgan fingerprint density at radius 1 is 0.750 bits per heavy atom. The number of urea groups is 1. The number of amides is 2. The monoisotopic (exact) mass is 403 g/mol. The molecule has 0 bridgehead atoms. The van der Waals surface area contributed by atoms with Crippen molar-refractivity contribution in [3.63, 3.8) is 0 Å². The molecule has 0 spiro atoms. The molecule has 144 valence electrons. The minimum Gasteiger partial charge on any atom is -0.308 e. The van der Waals surface area contributed by atoms with Crippen molar-refractivity contribution in [3.8, 4) is 0 Å². The largest absolute Gasteiger partial charge is 0.323 e. The number of anilines is 3. The molecular formula is C19H15F2N3O3S. The molecule has 0 aliphatic heterocycles. The molecule has 0 aromatic heterocycles. The maximum atomic E-state index is 13.8. The summed E-state index contributed by atoms with van der Waals surface area (Å²) < 4.78 is 53.9. The highest BCUT2D eigenvalue weighted by Gasteiger charge is 2.20. The van der Waals surface area contributed by atoms with Crippen LogP contribution in [0.4, 0.5) is 30.6 Å². The van der Waals surface area contributed by atoms with Crippen LogP contribution in [0.15, 0.2) is 77.7 Å². The molecule has 2 amide bonds. The van der Waals surface area contributed by atoms with Crippen LogP contribution in [0.5, 0.6) is 0 Å². The molecule has 0 radical (unpaired) electrons. The van der Waals surface area contributed by atoms with Crippen LogP contribution in [0.1, 0.15) is 0 Å². The number of hydrogen-bond acceptors (Lipinski definition) is 3. The Labute approximate surface area is 160 Å². The van der Waals surface area contributed by atoms with E-state index in [2.05, 4.69) is 15.4 Å². The zero-order chi connectivity index (χ0) is 20.1. The SMILES string of the molecule is O=C(Nc1ccccc1)Nc1cccc(NS(=O)(=O)c2cc(F)ccc2F)c1. The minimum atomic E-state index is -4.35. The Morgan fingerprint density at radius 3 is 2.14 bits per heavy atom. The fourth-order valence-corrected chi connectivity index (χ4v) is 3.51. The normalized spacial score (nSPS) is 10.9. The molecule has 0 heterocycles. The summed E-state index contributed by atoms with van der Waals surface area (Å²) in [6, 6.07) is 16.2. The molecular weight excluding hydrogens is 388 g/mol. The van der Waals surface area contributed by atoms with Crippen molar-refractivity contribution in [1.29, 1.82) is 0 Å². The van der Waals surface area contributed by atoms with Gasteiger partial charge < -0.3 is 10.6 Å². The molecule has 0 saturated heterocycles. The Hall–Kier alpha value is -3.46. The van der Waals surface area contributed by atoms with Crippen LogP contribution in [0.25, 0.3) is 0 Å². The molecule has 3 N–H and O–H groups in total. The van der Waals surface area contributed by atoms with E-state index in [-0.39, 0.29) is 5.69 Å². The van der Waals surface area contributed by atoms with Crippen LogP contribution in [0.3, 0.4) is 0 Å². The lowest BCUT2D eigenvalue weighted by Gasteiger charge is -2.11. The molecule has 0 aliphatic rings. The van der Waals surface area contributed by atoms with E-state index >= 15 is 0 Å². The maximum absolute atomic E-state index is 13.8. The number of halogens is 2. The average molecular weight is 403 g/mol. The summed E-state index contributed by atoms with van der Waals surface area (Å²) in [4.78, 5) is 11.2. The molecule has 9 heteroatoms. The lowest BCUT2D eigenvalue weighted by molar-refractivity contribution is 0.262. The van der Waals surface area contributed by atoms with Gasteiger partial charge in [0.05, 0.1) is 5.69 Å². The number of benzene rings is 3. The van der Waals surface area contributed by atoms with Gasteiger partial charge in [-0.15, -0.1) is 0 Å². The van der Waals surface area contributed by atoms with Crippen molar-refractivity contribution < 1.29 is 22.0 Å². The molecule has 0 atom stereocenters. The summed E-state index contributed by atoms with van der Waals surface area (Å²) in [7, 11) is -4.35. The molecule has 28 heavy (non-hydrogen) atoms. The summed E-state index contributed by atoms with van der Waals surface area (Å²) in [5, 5.41) is 5.18. The number of para-hydroxylation sites is 1. The van der Waals surface area contributed by atoms with Gasteiger partial charge in [-0.25, -0.2) is 22.0 Å². The highest BCUT2D eigenvalue weighted by molar-refractivity contribution is 7.92. The van der Waals surface area contributed by atoms with E-state index in [1.807, 2.05) is 0 Å². The molecule has 0 fully saturated rings. The lowest BCUT2D eigenvalue weighted by atomic mass is 10.3. The maximum Gasteiger partial charge on any atom is 0.323 e. The van der Waals surface area contributed by atoms with Crippen LogP contribution in [0.2, 0.25) is 0 Å². The van der Waals surface area contributed by atoms with Crippen LogP contribution >= 0.6 is 0 Å². The van der Waals surface area contributed by atoms with Crippen molar-refractivity contribution in [1.82, 2.24) is 0 Å². The van der Waals surface area contributed by atoms with Gasteiger partial charge in [-0.05, 0) is 48.5 Å². The van der Waals surface area contributed by atoms with Gasteiger partial charge in [0, 0.05) is 11.4 Å². The van der Waals surface area contributed by atoms with Crippen molar-refractivity contribution in [3.05, 3.63) is 84.4 Å². The first-order valence-corrected chi connectivity index (χ1v) is 9.53. The number of nitrogens with one attached hydrogen (secondary N) is 3. The quantitative estimate of drug-likeness (QED) is 0.590. The van der Waals surface area contributed by atoms with E-state index in [9.17, 15) is 22.0 Å². The average Bonchev–Trinajstić information content (AvgIpc) is 2.64. The molecule has 3 aromatic carbocycles. The highest BCUT2D eigenvalue weighted by Crippen LogP contribution is 2.22. The van der Waals surface area contributed by atoms with E-state index in [1.54, 1.807) is 36.4 Å². The van der Waals surface area contributed by atoms with Crippen molar-refractivity contribution in [2.75, 3.05) is 15.4 Å². The second kappa shape index (κ2) is 8.05. The van der Waals surface area contributed by atoms with Crippen molar-refractivity contribution in [2.45, 2.75) is 4.90 Å². The third kappa shape index (κ3) is 4.83. The van der Waals surface area contributed by atoms with Gasteiger partial charge >= 0.3 is 6.03 Å². The fraction of sp³-hybridized carbons (Fsp3) is 0. The second-order valence-electron chi connectivity index (χ2n) is 5.71. The standard InChI is InChI=1S/C19H15F2N3O3S/c20-13-9-10-17(21)18(11-13)28(26,27)24-16-8-4-7-15(12-16)23-19(25)22-14-5-2-1-3-6-14/h1-12,24H,(H2,22,23,25). The van der Waals surface area contributed by atoms with Crippen LogP contribution in [-0.4, -0.2) is 14.4 Å². The third-order valence-corrected chi connectivity index (χ3v) is 4.98. The molecule has 6 nitrogen and oxygen atoms in total. The van der Waals surface area contributed by atoms with Gasteiger partial charge in [0.15, 0.2) is 0 Å². The van der Waals surface area contributed by atoms with Crippen molar-refractivity contribution >= 4 is 33.1 Å². The van der Waals surface area contributed by atoms with Gasteiger partial charge in [0.2, 0.25) is 0 Å². The fourth-order valence-electron chi connectivity index (χ4n) is 2.37. The smallest absolute Gasteiger partial charge is 0.308 e. The summed E-state index contributed by atoms with van der Waals surface area (Å²) in [5.41, 5.74) is 0.952. The topological polar surface area (TPSA) is 87.3 Å². The molecule has 3 aromatic rings. The zero-order valence-electron chi connectivity index (χ0n) is 14.3. The number of hydrogen-bond donors (Lipinski definition) is 3. The first-order valence-electron chi connectivity index (χ1n) is 8.04. The summed E-state index contributed by atoms with van der Waals surface area (Å²) >= 11 is 0. The van der Waals surface area contributed by atoms with Gasteiger partial charge in [-0.3, -0.25) is 4.72 Å². The molecule has 3 rings (SSSR count). The van der Waals surface area contributed by atoms with E-state index in [4.69, 9.17) is 0 Å². The third-order valence-electron chi connectivity index (χ3n) is 3.59. The molecule has 0 unspecified atom stereocenters. The van der Waals surface area contributed by atoms with E-state index in [0.717, 1.165) is 12.1 Å². The van der Waals surface area contributed by atoms with Gasteiger partial charge in [0.1, 0.15) is 16.5 Å². The Kier molecular flexibility index (Phi) is 5.55. The van der Waals surface area contributed by atoms with Crippen LogP contribution in [-0.2, 0) is 10.0 Å².